The Kier molecular flexibility index (Phi) is 3.12. The standard InChI is InChI=1S/C14H13N5O/c1-11-7-14(20)18(16-8-11)9-13-15-10-19(17-13)12-5-3-2-4-6-12/h2-8,10H,9H2,1H3. The number of aromatic nitrogens is 5. The van der Waals surface area contributed by atoms with Gasteiger partial charge in [-0.1, -0.05) is 18.2 Å². The lowest BCUT2D eigenvalue weighted by Gasteiger charge is -2.01. The quantitative estimate of drug-likeness (QED) is 0.714. The Morgan fingerprint density at radius 1 is 1.20 bits per heavy atom. The van der Waals surface area contributed by atoms with Crippen molar-refractivity contribution in [1.82, 2.24) is 24.5 Å². The summed E-state index contributed by atoms with van der Waals surface area (Å²) in [6.07, 6.45) is 3.28. The summed E-state index contributed by atoms with van der Waals surface area (Å²) in [4.78, 5) is 16.0. The SMILES string of the molecule is Cc1cnn(Cc2ncn(-c3ccccc3)n2)c(=O)c1. The molecule has 0 aliphatic heterocycles. The van der Waals surface area contributed by atoms with Gasteiger partial charge in [0.15, 0.2) is 5.82 Å². The minimum atomic E-state index is -0.152. The fraction of sp³-hybridized carbons (Fsp3) is 0.143. The van der Waals surface area contributed by atoms with Crippen molar-refractivity contribution in [2.24, 2.45) is 0 Å². The fourth-order valence-corrected chi connectivity index (χ4v) is 1.85. The zero-order valence-electron chi connectivity index (χ0n) is 11.0. The highest BCUT2D eigenvalue weighted by Crippen LogP contribution is 2.04. The van der Waals surface area contributed by atoms with Gasteiger partial charge in [-0.3, -0.25) is 4.79 Å². The van der Waals surface area contributed by atoms with E-state index >= 15 is 0 Å². The molecule has 6 nitrogen and oxygen atoms in total. The smallest absolute Gasteiger partial charge is 0.267 e. The average Bonchev–Trinajstić information content (AvgIpc) is 2.92. The summed E-state index contributed by atoms with van der Waals surface area (Å²) in [5.41, 5.74) is 1.62. The molecule has 0 atom stereocenters. The second kappa shape index (κ2) is 5.08. The van der Waals surface area contributed by atoms with Gasteiger partial charge in [0.25, 0.3) is 5.56 Å². The molecule has 0 aliphatic carbocycles. The van der Waals surface area contributed by atoms with E-state index in [4.69, 9.17) is 0 Å². The maximum Gasteiger partial charge on any atom is 0.267 e. The molecule has 100 valence electrons. The van der Waals surface area contributed by atoms with E-state index in [2.05, 4.69) is 15.2 Å². The van der Waals surface area contributed by atoms with Crippen LogP contribution in [-0.2, 0) is 6.54 Å². The van der Waals surface area contributed by atoms with E-state index in [9.17, 15) is 4.79 Å². The Morgan fingerprint density at radius 3 is 2.75 bits per heavy atom. The van der Waals surface area contributed by atoms with Gasteiger partial charge >= 0.3 is 0 Å². The van der Waals surface area contributed by atoms with E-state index in [1.54, 1.807) is 23.3 Å². The third-order valence-corrected chi connectivity index (χ3v) is 2.86. The molecule has 6 heteroatoms. The molecule has 3 aromatic rings. The summed E-state index contributed by atoms with van der Waals surface area (Å²) < 4.78 is 3.02. The van der Waals surface area contributed by atoms with Gasteiger partial charge in [0.2, 0.25) is 0 Å². The van der Waals surface area contributed by atoms with E-state index in [1.165, 1.54) is 4.68 Å². The number of nitrogens with zero attached hydrogens (tertiary/aromatic N) is 5. The molecule has 3 rings (SSSR count). The molecule has 0 saturated carbocycles. The first-order valence-electron chi connectivity index (χ1n) is 6.22. The maximum absolute atomic E-state index is 11.8. The van der Waals surface area contributed by atoms with Gasteiger partial charge < -0.3 is 0 Å². The van der Waals surface area contributed by atoms with Crippen molar-refractivity contribution in [2.45, 2.75) is 13.5 Å². The minimum Gasteiger partial charge on any atom is -0.268 e. The molecular formula is C14H13N5O. The molecule has 0 spiro atoms. The van der Waals surface area contributed by atoms with Gasteiger partial charge in [-0.2, -0.15) is 5.10 Å². The largest absolute Gasteiger partial charge is 0.268 e. The van der Waals surface area contributed by atoms with Crippen molar-refractivity contribution in [3.63, 3.8) is 0 Å². The number of aryl methyl sites for hydroxylation is 1. The average molecular weight is 267 g/mol. The number of benzene rings is 1. The molecule has 0 fully saturated rings. The third kappa shape index (κ3) is 2.49. The third-order valence-electron chi connectivity index (χ3n) is 2.86. The highest BCUT2D eigenvalue weighted by Gasteiger charge is 2.05. The fourth-order valence-electron chi connectivity index (χ4n) is 1.85. The zero-order valence-corrected chi connectivity index (χ0v) is 11.0. The van der Waals surface area contributed by atoms with Crippen LogP contribution in [0.5, 0.6) is 0 Å². The minimum absolute atomic E-state index is 0.152. The van der Waals surface area contributed by atoms with Crippen molar-refractivity contribution in [3.05, 3.63) is 70.7 Å². The van der Waals surface area contributed by atoms with E-state index < -0.39 is 0 Å². The van der Waals surface area contributed by atoms with Crippen LogP contribution in [-0.4, -0.2) is 24.5 Å². The molecule has 0 unspecified atom stereocenters. The van der Waals surface area contributed by atoms with Crippen LogP contribution in [0.2, 0.25) is 0 Å². The maximum atomic E-state index is 11.8. The lowest BCUT2D eigenvalue weighted by Crippen LogP contribution is -2.23. The monoisotopic (exact) mass is 267 g/mol. The van der Waals surface area contributed by atoms with Crippen molar-refractivity contribution in [2.75, 3.05) is 0 Å². The van der Waals surface area contributed by atoms with E-state index in [0.29, 0.717) is 5.82 Å². The Hall–Kier alpha value is -2.76. The molecule has 0 bridgehead atoms. The number of rotatable bonds is 3. The molecule has 0 saturated heterocycles. The Balaban J connectivity index is 1.86. The summed E-state index contributed by atoms with van der Waals surface area (Å²) in [6.45, 7) is 2.10. The van der Waals surface area contributed by atoms with Gasteiger partial charge in [-0.15, -0.1) is 5.10 Å². The van der Waals surface area contributed by atoms with Gasteiger partial charge in [0, 0.05) is 6.07 Å². The summed E-state index contributed by atoms with van der Waals surface area (Å²) in [7, 11) is 0. The molecule has 20 heavy (non-hydrogen) atoms. The highest BCUT2D eigenvalue weighted by atomic mass is 16.1. The molecule has 0 aliphatic rings. The summed E-state index contributed by atoms with van der Waals surface area (Å²) in [5.74, 6) is 0.548. The van der Waals surface area contributed by atoms with Crippen molar-refractivity contribution >= 4 is 0 Å². The van der Waals surface area contributed by atoms with Gasteiger partial charge in [0.05, 0.1) is 11.9 Å². The van der Waals surface area contributed by atoms with Gasteiger partial charge in [0.1, 0.15) is 12.9 Å². The second-order valence-corrected chi connectivity index (χ2v) is 4.47. The Bertz CT molecular complexity index is 776. The normalized spacial score (nSPS) is 10.7. The predicted molar refractivity (Wildman–Crippen MR) is 73.7 cm³/mol. The lowest BCUT2D eigenvalue weighted by molar-refractivity contribution is 0.610. The lowest BCUT2D eigenvalue weighted by atomic mass is 10.3. The molecule has 2 aromatic heterocycles. The van der Waals surface area contributed by atoms with Crippen molar-refractivity contribution in [3.8, 4) is 5.69 Å². The van der Waals surface area contributed by atoms with Crippen LogP contribution in [0.15, 0.2) is 53.7 Å². The van der Waals surface area contributed by atoms with E-state index in [-0.39, 0.29) is 12.1 Å². The Morgan fingerprint density at radius 2 is 2.00 bits per heavy atom. The van der Waals surface area contributed by atoms with Crippen LogP contribution in [0.4, 0.5) is 0 Å². The molecule has 0 N–H and O–H groups in total. The number of hydrogen-bond acceptors (Lipinski definition) is 4. The predicted octanol–water partition coefficient (Wildman–Crippen LogP) is 1.18. The molecule has 0 radical (unpaired) electrons. The van der Waals surface area contributed by atoms with Crippen LogP contribution < -0.4 is 5.56 Å². The summed E-state index contributed by atoms with van der Waals surface area (Å²) >= 11 is 0. The first-order chi connectivity index (χ1) is 9.72. The summed E-state index contributed by atoms with van der Waals surface area (Å²) in [6, 6.07) is 11.2. The molecule has 2 heterocycles. The van der Waals surface area contributed by atoms with Crippen molar-refractivity contribution in [1.29, 1.82) is 0 Å². The second-order valence-electron chi connectivity index (χ2n) is 4.47. The summed E-state index contributed by atoms with van der Waals surface area (Å²) in [5, 5.41) is 8.42. The molecule has 0 amide bonds. The Labute approximate surface area is 115 Å². The topological polar surface area (TPSA) is 65.6 Å². The van der Waals surface area contributed by atoms with Crippen LogP contribution in [0.25, 0.3) is 5.69 Å². The van der Waals surface area contributed by atoms with Crippen LogP contribution in [0.1, 0.15) is 11.4 Å². The molecule has 1 aromatic carbocycles. The van der Waals surface area contributed by atoms with Crippen LogP contribution in [0, 0.1) is 6.92 Å². The zero-order chi connectivity index (χ0) is 13.9. The van der Waals surface area contributed by atoms with Crippen LogP contribution >= 0.6 is 0 Å². The number of para-hydroxylation sites is 1. The van der Waals surface area contributed by atoms with Gasteiger partial charge in [-0.25, -0.2) is 14.3 Å². The molecular weight excluding hydrogens is 254 g/mol. The van der Waals surface area contributed by atoms with E-state index in [0.717, 1.165) is 11.3 Å². The highest BCUT2D eigenvalue weighted by molar-refractivity contribution is 5.29. The van der Waals surface area contributed by atoms with Crippen LogP contribution in [0.3, 0.4) is 0 Å². The van der Waals surface area contributed by atoms with Gasteiger partial charge in [-0.05, 0) is 24.6 Å². The van der Waals surface area contributed by atoms with E-state index in [1.807, 2.05) is 37.3 Å². The first-order valence-corrected chi connectivity index (χ1v) is 6.22. The number of hydrogen-bond donors (Lipinski definition) is 0. The first kappa shape index (κ1) is 12.3. The van der Waals surface area contributed by atoms with Crippen molar-refractivity contribution < 1.29 is 0 Å².